The van der Waals surface area contributed by atoms with Gasteiger partial charge < -0.3 is 10.6 Å². The molecule has 6 heteroatoms. The highest BCUT2D eigenvalue weighted by atomic mass is 19.1. The highest BCUT2D eigenvalue weighted by Crippen LogP contribution is 2.28. The van der Waals surface area contributed by atoms with Gasteiger partial charge in [0, 0.05) is 41.4 Å². The average Bonchev–Trinajstić information content (AvgIpc) is 2.79. The predicted octanol–water partition coefficient (Wildman–Crippen LogP) is 4.01. The van der Waals surface area contributed by atoms with E-state index in [0.717, 1.165) is 29.8 Å². The Morgan fingerprint density at radius 2 is 1.77 bits per heavy atom. The normalized spacial score (nSPS) is 16.3. The number of hydrogen-bond donors (Lipinski definition) is 1. The molecule has 2 amide bonds. The van der Waals surface area contributed by atoms with Crippen molar-refractivity contribution in [2.75, 3.05) is 13.1 Å². The van der Waals surface area contributed by atoms with Gasteiger partial charge in [0.15, 0.2) is 0 Å². The van der Waals surface area contributed by atoms with Crippen molar-refractivity contribution < 1.29 is 14.0 Å². The molecule has 30 heavy (non-hydrogen) atoms. The minimum absolute atomic E-state index is 0.0926. The first kappa shape index (κ1) is 19.8. The fourth-order valence-corrected chi connectivity index (χ4v) is 3.85. The van der Waals surface area contributed by atoms with Crippen molar-refractivity contribution in [2.24, 2.45) is 5.73 Å². The number of piperidine rings is 1. The Bertz CT molecular complexity index is 1080. The summed E-state index contributed by atoms with van der Waals surface area (Å²) in [5.74, 6) is -0.813. The van der Waals surface area contributed by atoms with Crippen molar-refractivity contribution in [1.29, 1.82) is 0 Å². The third-order valence-corrected chi connectivity index (χ3v) is 5.43. The second-order valence-corrected chi connectivity index (χ2v) is 7.49. The van der Waals surface area contributed by atoms with Gasteiger partial charge in [-0.1, -0.05) is 18.2 Å². The molecule has 0 saturated carbocycles. The number of hydrogen-bond acceptors (Lipinski definition) is 3. The molecule has 2 aromatic carbocycles. The van der Waals surface area contributed by atoms with E-state index in [2.05, 4.69) is 0 Å². The van der Waals surface area contributed by atoms with Crippen LogP contribution in [0.25, 0.3) is 11.3 Å². The van der Waals surface area contributed by atoms with Crippen LogP contribution in [0.1, 0.15) is 45.2 Å². The third kappa shape index (κ3) is 4.22. The molecule has 0 unspecified atom stereocenters. The Kier molecular flexibility index (Phi) is 5.57. The van der Waals surface area contributed by atoms with Crippen molar-refractivity contribution in [2.45, 2.75) is 18.8 Å². The van der Waals surface area contributed by atoms with Gasteiger partial charge in [0.05, 0.1) is 5.69 Å². The van der Waals surface area contributed by atoms with Gasteiger partial charge in [-0.2, -0.15) is 0 Å². The fourth-order valence-electron chi connectivity index (χ4n) is 3.85. The Labute approximate surface area is 174 Å². The SMILES string of the molecule is NC(=O)c1cccc(-c2cccc([C@@H]3CCCN(C(=O)c4ccc(F)cc4)C3)n2)c1. The van der Waals surface area contributed by atoms with Crippen LogP contribution >= 0.6 is 0 Å². The zero-order valence-electron chi connectivity index (χ0n) is 16.4. The molecule has 1 atom stereocenters. The van der Waals surface area contributed by atoms with E-state index in [0.29, 0.717) is 24.2 Å². The molecule has 1 aromatic heterocycles. The smallest absolute Gasteiger partial charge is 0.253 e. The van der Waals surface area contributed by atoms with Crippen LogP contribution in [0, 0.1) is 5.82 Å². The van der Waals surface area contributed by atoms with E-state index in [1.807, 2.05) is 29.2 Å². The van der Waals surface area contributed by atoms with Gasteiger partial charge in [-0.3, -0.25) is 14.6 Å². The van der Waals surface area contributed by atoms with Crippen LogP contribution in [0.3, 0.4) is 0 Å². The Morgan fingerprint density at radius 3 is 2.53 bits per heavy atom. The lowest BCUT2D eigenvalue weighted by Gasteiger charge is -2.32. The highest BCUT2D eigenvalue weighted by molar-refractivity contribution is 5.94. The van der Waals surface area contributed by atoms with Gasteiger partial charge in [-0.05, 0) is 61.4 Å². The van der Waals surface area contributed by atoms with Gasteiger partial charge in [0.2, 0.25) is 5.91 Å². The molecule has 2 N–H and O–H groups in total. The molecule has 2 heterocycles. The molecule has 4 rings (SSSR count). The number of halogens is 1. The number of benzene rings is 2. The fraction of sp³-hybridized carbons (Fsp3) is 0.208. The lowest BCUT2D eigenvalue weighted by atomic mass is 9.93. The minimum Gasteiger partial charge on any atom is -0.366 e. The maximum absolute atomic E-state index is 13.2. The molecule has 0 aliphatic carbocycles. The summed E-state index contributed by atoms with van der Waals surface area (Å²) in [5, 5.41) is 0. The van der Waals surface area contributed by atoms with Crippen LogP contribution in [-0.4, -0.2) is 34.8 Å². The Morgan fingerprint density at radius 1 is 1.00 bits per heavy atom. The van der Waals surface area contributed by atoms with Crippen molar-refractivity contribution in [1.82, 2.24) is 9.88 Å². The van der Waals surface area contributed by atoms with E-state index in [4.69, 9.17) is 10.7 Å². The summed E-state index contributed by atoms with van der Waals surface area (Å²) < 4.78 is 13.2. The summed E-state index contributed by atoms with van der Waals surface area (Å²) >= 11 is 0. The van der Waals surface area contributed by atoms with Crippen LogP contribution in [0.2, 0.25) is 0 Å². The molecule has 5 nitrogen and oxygen atoms in total. The molecule has 1 aliphatic rings. The number of amides is 2. The van der Waals surface area contributed by atoms with Crippen molar-refractivity contribution in [3.05, 3.63) is 89.4 Å². The second kappa shape index (κ2) is 8.45. The monoisotopic (exact) mass is 403 g/mol. The number of nitrogens with two attached hydrogens (primary N) is 1. The first-order chi connectivity index (χ1) is 14.5. The van der Waals surface area contributed by atoms with Gasteiger partial charge >= 0.3 is 0 Å². The highest BCUT2D eigenvalue weighted by Gasteiger charge is 2.26. The van der Waals surface area contributed by atoms with E-state index < -0.39 is 5.91 Å². The van der Waals surface area contributed by atoms with Crippen LogP contribution in [0.4, 0.5) is 4.39 Å². The van der Waals surface area contributed by atoms with Crippen molar-refractivity contribution in [3.8, 4) is 11.3 Å². The lowest BCUT2D eigenvalue weighted by molar-refractivity contribution is 0.0705. The summed E-state index contributed by atoms with van der Waals surface area (Å²) in [6.45, 7) is 1.24. The molecule has 0 bridgehead atoms. The molecule has 152 valence electrons. The third-order valence-electron chi connectivity index (χ3n) is 5.43. The molecule has 1 aliphatic heterocycles. The zero-order chi connectivity index (χ0) is 21.1. The van der Waals surface area contributed by atoms with Gasteiger partial charge in [-0.25, -0.2) is 4.39 Å². The molecular weight excluding hydrogens is 381 g/mol. The lowest BCUT2D eigenvalue weighted by Crippen LogP contribution is -2.39. The molecule has 3 aromatic rings. The largest absolute Gasteiger partial charge is 0.366 e. The summed E-state index contributed by atoms with van der Waals surface area (Å²) in [7, 11) is 0. The maximum atomic E-state index is 13.2. The maximum Gasteiger partial charge on any atom is 0.253 e. The molecular formula is C24H22FN3O2. The topological polar surface area (TPSA) is 76.3 Å². The van der Waals surface area contributed by atoms with Crippen LogP contribution in [-0.2, 0) is 0 Å². The molecule has 0 spiro atoms. The van der Waals surface area contributed by atoms with Crippen LogP contribution < -0.4 is 5.73 Å². The zero-order valence-corrected chi connectivity index (χ0v) is 16.4. The minimum atomic E-state index is -0.477. The molecule has 0 radical (unpaired) electrons. The van der Waals surface area contributed by atoms with Gasteiger partial charge in [-0.15, -0.1) is 0 Å². The van der Waals surface area contributed by atoms with E-state index >= 15 is 0 Å². The number of nitrogens with zero attached hydrogens (tertiary/aromatic N) is 2. The summed E-state index contributed by atoms with van der Waals surface area (Å²) in [6.07, 6.45) is 1.81. The predicted molar refractivity (Wildman–Crippen MR) is 112 cm³/mol. The number of aromatic nitrogens is 1. The van der Waals surface area contributed by atoms with Gasteiger partial charge in [0.25, 0.3) is 5.91 Å². The molecule has 1 fully saturated rings. The quantitative estimate of drug-likeness (QED) is 0.715. The Balaban J connectivity index is 1.55. The number of carbonyl (C=O) groups excluding carboxylic acids is 2. The number of primary amides is 1. The first-order valence-corrected chi connectivity index (χ1v) is 9.93. The standard InChI is InChI=1S/C24H22FN3O2/c25-20-11-9-16(10-12-20)24(30)28-13-3-6-19(15-28)22-8-2-7-21(27-22)17-4-1-5-18(14-17)23(26)29/h1-2,4-5,7-12,14,19H,3,6,13,15H2,(H2,26,29)/t19-/m1/s1. The van der Waals surface area contributed by atoms with Crippen molar-refractivity contribution in [3.63, 3.8) is 0 Å². The Hall–Kier alpha value is -3.54. The average molecular weight is 403 g/mol. The number of likely N-dealkylation sites (tertiary alicyclic amines) is 1. The van der Waals surface area contributed by atoms with Crippen LogP contribution in [0.15, 0.2) is 66.7 Å². The summed E-state index contributed by atoms with van der Waals surface area (Å²) in [6, 6.07) is 18.5. The number of carbonyl (C=O) groups is 2. The van der Waals surface area contributed by atoms with E-state index in [1.165, 1.54) is 24.3 Å². The van der Waals surface area contributed by atoms with E-state index in [1.54, 1.807) is 18.2 Å². The molecule has 1 saturated heterocycles. The van der Waals surface area contributed by atoms with E-state index in [-0.39, 0.29) is 17.6 Å². The first-order valence-electron chi connectivity index (χ1n) is 9.93. The summed E-state index contributed by atoms with van der Waals surface area (Å²) in [4.78, 5) is 30.9. The van der Waals surface area contributed by atoms with Crippen LogP contribution in [0.5, 0.6) is 0 Å². The van der Waals surface area contributed by atoms with Gasteiger partial charge in [0.1, 0.15) is 5.82 Å². The van der Waals surface area contributed by atoms with E-state index in [9.17, 15) is 14.0 Å². The number of pyridine rings is 1. The summed E-state index contributed by atoms with van der Waals surface area (Å²) in [5.41, 5.74) is 8.81. The number of rotatable bonds is 4. The van der Waals surface area contributed by atoms with Crippen molar-refractivity contribution >= 4 is 11.8 Å². The second-order valence-electron chi connectivity index (χ2n) is 7.49.